The molecule has 0 aliphatic heterocycles. The lowest BCUT2D eigenvalue weighted by Gasteiger charge is -2.05. The lowest BCUT2D eigenvalue weighted by molar-refractivity contribution is 0.353. The fourth-order valence-corrected chi connectivity index (χ4v) is 2.20. The molecule has 0 spiro atoms. The average Bonchev–Trinajstić information content (AvgIpc) is 2.74. The van der Waals surface area contributed by atoms with Crippen LogP contribution in [0.15, 0.2) is 16.8 Å². The Morgan fingerprint density at radius 3 is 2.50 bits per heavy atom. The molecule has 0 bridgehead atoms. The van der Waals surface area contributed by atoms with Crippen LogP contribution in [0.4, 0.5) is 0 Å². The van der Waals surface area contributed by atoms with Crippen LogP contribution in [-0.2, 0) is 0 Å². The summed E-state index contributed by atoms with van der Waals surface area (Å²) >= 11 is 1.65. The Bertz CT molecular complexity index is 474. The number of hydrogen-bond donors (Lipinski definition) is 0. The summed E-state index contributed by atoms with van der Waals surface area (Å²) in [5.74, 6) is 0.507. The molecule has 0 aromatic carbocycles. The number of thiophene rings is 1. The van der Waals surface area contributed by atoms with Crippen molar-refractivity contribution in [3.8, 4) is 23.1 Å². The second-order valence-corrected chi connectivity index (χ2v) is 3.99. The van der Waals surface area contributed by atoms with Crippen molar-refractivity contribution >= 4 is 11.3 Å². The molecule has 16 heavy (non-hydrogen) atoms. The smallest absolute Gasteiger partial charge is 0.320 e. The zero-order valence-corrected chi connectivity index (χ0v) is 10.2. The van der Waals surface area contributed by atoms with Crippen molar-refractivity contribution in [2.24, 2.45) is 0 Å². The first-order valence-electron chi connectivity index (χ1n) is 4.75. The third-order valence-electron chi connectivity index (χ3n) is 2.21. The maximum atomic E-state index is 5.11. The van der Waals surface area contributed by atoms with Crippen molar-refractivity contribution in [3.05, 3.63) is 22.4 Å². The zero-order chi connectivity index (χ0) is 11.5. The fraction of sp³-hybridized carbons (Fsp3) is 0.273. The molecule has 0 aliphatic carbocycles. The van der Waals surface area contributed by atoms with Crippen molar-refractivity contribution in [3.63, 3.8) is 0 Å². The van der Waals surface area contributed by atoms with Crippen molar-refractivity contribution in [2.45, 2.75) is 6.92 Å². The van der Waals surface area contributed by atoms with Gasteiger partial charge in [-0.1, -0.05) is 0 Å². The topological polar surface area (TPSA) is 44.2 Å². The highest BCUT2D eigenvalue weighted by Crippen LogP contribution is 2.28. The monoisotopic (exact) mass is 236 g/mol. The number of rotatable bonds is 3. The van der Waals surface area contributed by atoms with E-state index in [0.29, 0.717) is 11.9 Å². The Labute approximate surface area is 97.9 Å². The number of aryl methyl sites for hydroxylation is 1. The molecule has 84 valence electrons. The molecular formula is C11H12N2O2S. The van der Waals surface area contributed by atoms with Crippen molar-refractivity contribution in [1.29, 1.82) is 0 Å². The van der Waals surface area contributed by atoms with E-state index in [1.807, 2.05) is 6.92 Å². The van der Waals surface area contributed by atoms with Gasteiger partial charge in [0.1, 0.15) is 0 Å². The number of methoxy groups -OCH3 is 2. The number of hydrogen-bond acceptors (Lipinski definition) is 5. The number of aromatic nitrogens is 2. The number of ether oxygens (including phenoxy) is 2. The Morgan fingerprint density at radius 1 is 1.12 bits per heavy atom. The standard InChI is InChI=1S/C11H12N2O2S/c1-7-5-16-6-8(7)9-4-10(14-2)13-11(12-9)15-3/h4-6H,1-3H3. The van der Waals surface area contributed by atoms with Crippen molar-refractivity contribution < 1.29 is 9.47 Å². The molecule has 0 unspecified atom stereocenters. The van der Waals surface area contributed by atoms with Crippen LogP contribution >= 0.6 is 11.3 Å². The molecule has 0 saturated carbocycles. The van der Waals surface area contributed by atoms with E-state index in [0.717, 1.165) is 11.3 Å². The first-order chi connectivity index (χ1) is 7.74. The van der Waals surface area contributed by atoms with E-state index in [9.17, 15) is 0 Å². The normalized spacial score (nSPS) is 10.2. The van der Waals surface area contributed by atoms with Gasteiger partial charge < -0.3 is 9.47 Å². The van der Waals surface area contributed by atoms with Crippen molar-refractivity contribution in [1.82, 2.24) is 9.97 Å². The molecule has 5 heteroatoms. The number of nitrogens with zero attached hydrogens (tertiary/aromatic N) is 2. The van der Waals surface area contributed by atoms with Gasteiger partial charge in [0.05, 0.1) is 19.9 Å². The van der Waals surface area contributed by atoms with Gasteiger partial charge in [0.15, 0.2) is 0 Å². The van der Waals surface area contributed by atoms with E-state index in [2.05, 4.69) is 20.7 Å². The van der Waals surface area contributed by atoms with Gasteiger partial charge in [0, 0.05) is 17.0 Å². The first-order valence-corrected chi connectivity index (χ1v) is 5.69. The van der Waals surface area contributed by atoms with Gasteiger partial charge in [-0.05, 0) is 17.9 Å². The summed E-state index contributed by atoms with van der Waals surface area (Å²) in [4.78, 5) is 8.35. The maximum absolute atomic E-state index is 5.11. The predicted molar refractivity (Wildman–Crippen MR) is 63.2 cm³/mol. The summed E-state index contributed by atoms with van der Waals surface area (Å²) < 4.78 is 10.1. The molecule has 0 saturated heterocycles. The van der Waals surface area contributed by atoms with Gasteiger partial charge in [-0.25, -0.2) is 0 Å². The Kier molecular flexibility index (Phi) is 3.05. The van der Waals surface area contributed by atoms with Crippen LogP contribution in [-0.4, -0.2) is 24.2 Å². The van der Waals surface area contributed by atoms with Gasteiger partial charge in [-0.3, -0.25) is 0 Å². The predicted octanol–water partition coefficient (Wildman–Crippen LogP) is 2.53. The molecule has 0 N–H and O–H groups in total. The minimum atomic E-state index is 0.319. The highest BCUT2D eigenvalue weighted by Gasteiger charge is 2.09. The zero-order valence-electron chi connectivity index (χ0n) is 9.35. The largest absolute Gasteiger partial charge is 0.481 e. The van der Waals surface area contributed by atoms with Crippen LogP contribution in [0.5, 0.6) is 11.9 Å². The molecule has 4 nitrogen and oxygen atoms in total. The lowest BCUT2D eigenvalue weighted by atomic mass is 10.1. The van der Waals surface area contributed by atoms with Gasteiger partial charge in [-0.2, -0.15) is 21.3 Å². The summed E-state index contributed by atoms with van der Waals surface area (Å²) in [6.45, 7) is 2.05. The van der Waals surface area contributed by atoms with Crippen LogP contribution in [0, 0.1) is 6.92 Å². The molecular weight excluding hydrogens is 224 g/mol. The summed E-state index contributed by atoms with van der Waals surface area (Å²) in [5, 5.41) is 4.13. The van der Waals surface area contributed by atoms with E-state index in [1.165, 1.54) is 5.56 Å². The fourth-order valence-electron chi connectivity index (χ4n) is 1.36. The molecule has 2 aromatic heterocycles. The molecule has 2 heterocycles. The Morgan fingerprint density at radius 2 is 1.94 bits per heavy atom. The maximum Gasteiger partial charge on any atom is 0.320 e. The second-order valence-electron chi connectivity index (χ2n) is 3.25. The third-order valence-corrected chi connectivity index (χ3v) is 3.07. The molecule has 0 amide bonds. The second kappa shape index (κ2) is 4.49. The highest BCUT2D eigenvalue weighted by atomic mass is 32.1. The molecule has 2 aromatic rings. The van der Waals surface area contributed by atoms with Crippen LogP contribution in [0.1, 0.15) is 5.56 Å². The summed E-state index contributed by atoms with van der Waals surface area (Å²) in [6, 6.07) is 2.12. The van der Waals surface area contributed by atoms with Gasteiger partial charge in [-0.15, -0.1) is 0 Å². The van der Waals surface area contributed by atoms with Crippen LogP contribution < -0.4 is 9.47 Å². The van der Waals surface area contributed by atoms with E-state index >= 15 is 0 Å². The van der Waals surface area contributed by atoms with Gasteiger partial charge >= 0.3 is 6.01 Å². The third kappa shape index (κ3) is 1.99. The lowest BCUT2D eigenvalue weighted by Crippen LogP contribution is -1.97. The first kappa shape index (κ1) is 10.9. The SMILES string of the molecule is COc1cc(-c2cscc2C)nc(OC)n1. The van der Waals surface area contributed by atoms with E-state index in [1.54, 1.807) is 31.6 Å². The van der Waals surface area contributed by atoms with Crippen molar-refractivity contribution in [2.75, 3.05) is 14.2 Å². The van der Waals surface area contributed by atoms with E-state index < -0.39 is 0 Å². The summed E-state index contributed by atoms with van der Waals surface area (Å²) in [7, 11) is 3.12. The van der Waals surface area contributed by atoms with Crippen LogP contribution in [0.3, 0.4) is 0 Å². The van der Waals surface area contributed by atoms with Gasteiger partial charge in [0.25, 0.3) is 0 Å². The summed E-state index contributed by atoms with van der Waals surface area (Å²) in [5.41, 5.74) is 3.10. The van der Waals surface area contributed by atoms with E-state index in [4.69, 9.17) is 9.47 Å². The average molecular weight is 236 g/mol. The van der Waals surface area contributed by atoms with Crippen LogP contribution in [0.2, 0.25) is 0 Å². The molecule has 0 aliphatic rings. The Hall–Kier alpha value is -1.62. The highest BCUT2D eigenvalue weighted by molar-refractivity contribution is 7.08. The minimum absolute atomic E-state index is 0.319. The molecule has 0 radical (unpaired) electrons. The molecule has 0 atom stereocenters. The molecule has 0 fully saturated rings. The quantitative estimate of drug-likeness (QED) is 0.821. The van der Waals surface area contributed by atoms with Gasteiger partial charge in [0.2, 0.25) is 5.88 Å². The molecule has 2 rings (SSSR count). The Balaban J connectivity index is 2.52. The van der Waals surface area contributed by atoms with E-state index in [-0.39, 0.29) is 0 Å². The summed E-state index contributed by atoms with van der Waals surface area (Å²) in [6.07, 6.45) is 0. The minimum Gasteiger partial charge on any atom is -0.481 e. The van der Waals surface area contributed by atoms with Crippen LogP contribution in [0.25, 0.3) is 11.3 Å².